The summed E-state index contributed by atoms with van der Waals surface area (Å²) in [4.78, 5) is 2.66. The summed E-state index contributed by atoms with van der Waals surface area (Å²) in [6.07, 6.45) is 8.68. The fourth-order valence-electron chi connectivity index (χ4n) is 3.32. The third-order valence-corrected chi connectivity index (χ3v) is 3.88. The molecule has 82 valence electrons. The summed E-state index contributed by atoms with van der Waals surface area (Å²) >= 11 is 0. The Labute approximate surface area is 87.8 Å². The van der Waals surface area contributed by atoms with Gasteiger partial charge in [-0.15, -0.1) is 0 Å². The van der Waals surface area contributed by atoms with Gasteiger partial charge in [-0.25, -0.2) is 0 Å². The van der Waals surface area contributed by atoms with E-state index in [0.717, 1.165) is 18.5 Å². The first kappa shape index (κ1) is 10.4. The number of likely N-dealkylation sites (tertiary alicyclic amines) is 1. The normalized spacial score (nSPS) is 36.4. The van der Waals surface area contributed by atoms with Crippen LogP contribution in [0.4, 0.5) is 0 Å². The Hall–Kier alpha value is -0.0800. The number of fused-ring (bicyclic) bond motifs is 1. The molecule has 2 N–H and O–H groups in total. The van der Waals surface area contributed by atoms with Gasteiger partial charge < -0.3 is 5.73 Å². The van der Waals surface area contributed by atoms with E-state index in [1.165, 1.54) is 45.1 Å². The highest BCUT2D eigenvalue weighted by Crippen LogP contribution is 2.34. The predicted molar refractivity (Wildman–Crippen MR) is 60.2 cm³/mol. The fourth-order valence-corrected chi connectivity index (χ4v) is 3.32. The van der Waals surface area contributed by atoms with Gasteiger partial charge in [-0.05, 0) is 45.1 Å². The van der Waals surface area contributed by atoms with Crippen molar-refractivity contribution in [3.8, 4) is 0 Å². The summed E-state index contributed by atoms with van der Waals surface area (Å²) in [7, 11) is 0. The van der Waals surface area contributed by atoms with Gasteiger partial charge in [0.1, 0.15) is 0 Å². The molecule has 1 heterocycles. The number of nitrogens with two attached hydrogens (primary N) is 1. The van der Waals surface area contributed by atoms with Crippen LogP contribution >= 0.6 is 0 Å². The Morgan fingerprint density at radius 3 is 2.71 bits per heavy atom. The molecule has 1 saturated carbocycles. The first-order chi connectivity index (χ1) is 6.77. The van der Waals surface area contributed by atoms with Crippen molar-refractivity contribution in [2.75, 3.05) is 13.1 Å². The molecule has 0 bridgehead atoms. The van der Waals surface area contributed by atoms with Gasteiger partial charge in [0.2, 0.25) is 0 Å². The van der Waals surface area contributed by atoms with Crippen LogP contribution in [0.25, 0.3) is 0 Å². The third-order valence-electron chi connectivity index (χ3n) is 3.88. The third kappa shape index (κ3) is 2.29. The van der Waals surface area contributed by atoms with Crippen molar-refractivity contribution in [3.63, 3.8) is 0 Å². The number of piperidine rings is 1. The minimum atomic E-state index is 0.343. The molecule has 1 aliphatic carbocycles. The quantitative estimate of drug-likeness (QED) is 0.732. The van der Waals surface area contributed by atoms with Crippen LogP contribution in [0, 0.1) is 5.92 Å². The van der Waals surface area contributed by atoms with Crippen molar-refractivity contribution >= 4 is 0 Å². The summed E-state index contributed by atoms with van der Waals surface area (Å²) in [5, 5.41) is 0. The zero-order valence-electron chi connectivity index (χ0n) is 9.41. The Balaban J connectivity index is 1.94. The molecule has 0 spiro atoms. The van der Waals surface area contributed by atoms with Crippen molar-refractivity contribution in [2.45, 2.75) is 57.5 Å². The topological polar surface area (TPSA) is 29.3 Å². The second-order valence-electron chi connectivity index (χ2n) is 5.23. The molecule has 14 heavy (non-hydrogen) atoms. The molecule has 2 heteroatoms. The number of nitrogens with zero attached hydrogens (tertiary/aromatic N) is 1. The molecule has 0 radical (unpaired) electrons. The highest BCUT2D eigenvalue weighted by molar-refractivity contribution is 4.88. The first-order valence-corrected chi connectivity index (χ1v) is 6.27. The van der Waals surface area contributed by atoms with E-state index >= 15 is 0 Å². The van der Waals surface area contributed by atoms with E-state index in [9.17, 15) is 0 Å². The van der Waals surface area contributed by atoms with E-state index in [-0.39, 0.29) is 0 Å². The lowest BCUT2D eigenvalue weighted by atomic mass is 9.78. The van der Waals surface area contributed by atoms with Gasteiger partial charge in [0.25, 0.3) is 0 Å². The maximum absolute atomic E-state index is 5.90. The smallest absolute Gasteiger partial charge is 0.0139 e. The van der Waals surface area contributed by atoms with Crippen LogP contribution in [0.5, 0.6) is 0 Å². The highest BCUT2D eigenvalue weighted by Gasteiger charge is 2.32. The zero-order valence-corrected chi connectivity index (χ0v) is 9.41. The van der Waals surface area contributed by atoms with Gasteiger partial charge in [0, 0.05) is 18.6 Å². The fraction of sp³-hybridized carbons (Fsp3) is 1.00. The largest absolute Gasteiger partial charge is 0.327 e. The van der Waals surface area contributed by atoms with Crippen LogP contribution in [0.2, 0.25) is 0 Å². The second-order valence-corrected chi connectivity index (χ2v) is 5.23. The zero-order chi connectivity index (χ0) is 9.97. The summed E-state index contributed by atoms with van der Waals surface area (Å²) in [5.41, 5.74) is 5.90. The molecule has 2 fully saturated rings. The van der Waals surface area contributed by atoms with Gasteiger partial charge >= 0.3 is 0 Å². The Morgan fingerprint density at radius 2 is 1.93 bits per heavy atom. The van der Waals surface area contributed by atoms with Gasteiger partial charge in [-0.2, -0.15) is 0 Å². The minimum absolute atomic E-state index is 0.343. The van der Waals surface area contributed by atoms with Gasteiger partial charge in [0.15, 0.2) is 0 Å². The van der Waals surface area contributed by atoms with E-state index < -0.39 is 0 Å². The standard InChI is InChI=1S/C12H24N2/c1-10(13)9-14-8-4-6-11-5-2-3-7-12(11)14/h10-12H,2-9,13H2,1H3/t10-,11?,12?/m1/s1. The maximum Gasteiger partial charge on any atom is 0.0139 e. The van der Waals surface area contributed by atoms with Crippen LogP contribution in [-0.2, 0) is 0 Å². The molecule has 0 amide bonds. The van der Waals surface area contributed by atoms with Crippen molar-refractivity contribution in [1.82, 2.24) is 4.90 Å². The molecule has 0 aromatic heterocycles. The second kappa shape index (κ2) is 4.63. The van der Waals surface area contributed by atoms with Crippen molar-refractivity contribution in [3.05, 3.63) is 0 Å². The lowest BCUT2D eigenvalue weighted by Crippen LogP contribution is -2.50. The van der Waals surface area contributed by atoms with Crippen LogP contribution in [0.15, 0.2) is 0 Å². The van der Waals surface area contributed by atoms with Gasteiger partial charge in [0.05, 0.1) is 0 Å². The lowest BCUT2D eigenvalue weighted by Gasteiger charge is -2.44. The summed E-state index contributed by atoms with van der Waals surface area (Å²) in [6.45, 7) is 4.54. The van der Waals surface area contributed by atoms with Crippen molar-refractivity contribution < 1.29 is 0 Å². The molecular weight excluding hydrogens is 172 g/mol. The molecule has 0 aromatic carbocycles. The molecular formula is C12H24N2. The van der Waals surface area contributed by atoms with Crippen LogP contribution < -0.4 is 5.73 Å². The van der Waals surface area contributed by atoms with Crippen molar-refractivity contribution in [1.29, 1.82) is 0 Å². The first-order valence-electron chi connectivity index (χ1n) is 6.27. The molecule has 2 rings (SSSR count). The average Bonchev–Trinajstić information content (AvgIpc) is 2.18. The van der Waals surface area contributed by atoms with Crippen LogP contribution in [0.1, 0.15) is 45.4 Å². The summed E-state index contributed by atoms with van der Waals surface area (Å²) in [5.74, 6) is 0.997. The average molecular weight is 196 g/mol. The molecule has 2 unspecified atom stereocenters. The predicted octanol–water partition coefficient (Wildman–Crippen LogP) is 1.99. The highest BCUT2D eigenvalue weighted by atomic mass is 15.2. The molecule has 0 aromatic rings. The summed E-state index contributed by atoms with van der Waals surface area (Å²) in [6, 6.07) is 1.22. The number of hydrogen-bond donors (Lipinski definition) is 1. The van der Waals surface area contributed by atoms with E-state index in [1.54, 1.807) is 0 Å². The molecule has 1 saturated heterocycles. The Kier molecular flexibility index (Phi) is 3.45. The van der Waals surface area contributed by atoms with Gasteiger partial charge in [-0.3, -0.25) is 4.90 Å². The Bertz CT molecular complexity index is 177. The van der Waals surface area contributed by atoms with E-state index in [1.807, 2.05) is 0 Å². The van der Waals surface area contributed by atoms with Crippen LogP contribution in [-0.4, -0.2) is 30.1 Å². The van der Waals surface area contributed by atoms with E-state index in [2.05, 4.69) is 11.8 Å². The Morgan fingerprint density at radius 1 is 1.21 bits per heavy atom. The van der Waals surface area contributed by atoms with E-state index in [4.69, 9.17) is 5.73 Å². The van der Waals surface area contributed by atoms with Gasteiger partial charge in [-0.1, -0.05) is 12.8 Å². The number of rotatable bonds is 2. The molecule has 2 aliphatic rings. The minimum Gasteiger partial charge on any atom is -0.327 e. The summed E-state index contributed by atoms with van der Waals surface area (Å²) < 4.78 is 0. The van der Waals surface area contributed by atoms with E-state index in [0.29, 0.717) is 6.04 Å². The maximum atomic E-state index is 5.90. The molecule has 1 aliphatic heterocycles. The monoisotopic (exact) mass is 196 g/mol. The lowest BCUT2D eigenvalue weighted by molar-refractivity contribution is 0.0575. The van der Waals surface area contributed by atoms with Crippen LogP contribution in [0.3, 0.4) is 0 Å². The number of hydrogen-bond acceptors (Lipinski definition) is 2. The van der Waals surface area contributed by atoms with Crippen molar-refractivity contribution in [2.24, 2.45) is 11.7 Å². The molecule has 2 nitrogen and oxygen atoms in total. The molecule has 3 atom stereocenters. The SMILES string of the molecule is C[C@@H](N)CN1CCCC2CCCCC21.